The smallest absolute Gasteiger partial charge is 0.153 e. The van der Waals surface area contributed by atoms with Gasteiger partial charge in [0.25, 0.3) is 0 Å². The van der Waals surface area contributed by atoms with Gasteiger partial charge in [0.1, 0.15) is 12.4 Å². The first-order valence-corrected chi connectivity index (χ1v) is 6.69. The van der Waals surface area contributed by atoms with Crippen molar-refractivity contribution in [1.82, 2.24) is 4.90 Å². The van der Waals surface area contributed by atoms with Crippen LogP contribution in [0.4, 0.5) is 0 Å². The van der Waals surface area contributed by atoms with E-state index >= 15 is 0 Å². The van der Waals surface area contributed by atoms with Gasteiger partial charge in [-0.25, -0.2) is 0 Å². The highest BCUT2D eigenvalue weighted by molar-refractivity contribution is 5.85. The van der Waals surface area contributed by atoms with Crippen LogP contribution in [0.5, 0.6) is 5.75 Å². The van der Waals surface area contributed by atoms with Gasteiger partial charge in [-0.3, -0.25) is 9.69 Å². The molecule has 19 heavy (non-hydrogen) atoms. The van der Waals surface area contributed by atoms with Crippen LogP contribution in [0.3, 0.4) is 0 Å². The van der Waals surface area contributed by atoms with E-state index in [1.54, 1.807) is 6.07 Å². The maximum Gasteiger partial charge on any atom is 0.153 e. The number of rotatable bonds is 5. The number of para-hydroxylation sites is 1. The van der Waals surface area contributed by atoms with Gasteiger partial charge in [-0.05, 0) is 37.4 Å². The van der Waals surface area contributed by atoms with Crippen molar-refractivity contribution in [2.24, 2.45) is 5.92 Å². The van der Waals surface area contributed by atoms with E-state index in [9.17, 15) is 4.79 Å². The van der Waals surface area contributed by atoms with Crippen LogP contribution >= 0.6 is 12.4 Å². The molecule has 0 aliphatic carbocycles. The van der Waals surface area contributed by atoms with Gasteiger partial charge in [-0.1, -0.05) is 19.1 Å². The van der Waals surface area contributed by atoms with Gasteiger partial charge in [0.2, 0.25) is 0 Å². The molecule has 0 saturated carbocycles. The number of carbonyl (C=O) groups excluding carboxylic acids is 1. The maximum absolute atomic E-state index is 10.8. The summed E-state index contributed by atoms with van der Waals surface area (Å²) < 4.78 is 5.69. The van der Waals surface area contributed by atoms with Gasteiger partial charge in [0, 0.05) is 13.1 Å². The predicted molar refractivity (Wildman–Crippen MR) is 79.4 cm³/mol. The first-order valence-electron chi connectivity index (χ1n) is 6.69. The van der Waals surface area contributed by atoms with Crippen LogP contribution in [0.25, 0.3) is 0 Å². The molecule has 0 bridgehead atoms. The summed E-state index contributed by atoms with van der Waals surface area (Å²) in [6.45, 7) is 6.23. The summed E-state index contributed by atoms with van der Waals surface area (Å²) in [6, 6.07) is 7.38. The highest BCUT2D eigenvalue weighted by atomic mass is 35.5. The second-order valence-electron chi connectivity index (χ2n) is 5.05. The van der Waals surface area contributed by atoms with Gasteiger partial charge in [-0.15, -0.1) is 12.4 Å². The minimum Gasteiger partial charge on any atom is -0.492 e. The lowest BCUT2D eigenvalue weighted by molar-refractivity contribution is 0.111. The van der Waals surface area contributed by atoms with Crippen LogP contribution in [0.2, 0.25) is 0 Å². The zero-order valence-corrected chi connectivity index (χ0v) is 12.2. The van der Waals surface area contributed by atoms with E-state index in [2.05, 4.69) is 11.8 Å². The molecule has 1 aliphatic rings. The van der Waals surface area contributed by atoms with Crippen molar-refractivity contribution in [2.75, 3.05) is 26.2 Å². The molecule has 1 aromatic carbocycles. The topological polar surface area (TPSA) is 29.5 Å². The van der Waals surface area contributed by atoms with Gasteiger partial charge in [0.05, 0.1) is 5.56 Å². The molecule has 0 radical (unpaired) electrons. The molecule has 1 fully saturated rings. The molecule has 2 rings (SSSR count). The quantitative estimate of drug-likeness (QED) is 0.778. The van der Waals surface area contributed by atoms with E-state index in [4.69, 9.17) is 4.74 Å². The average molecular weight is 284 g/mol. The summed E-state index contributed by atoms with van der Waals surface area (Å²) >= 11 is 0. The third kappa shape index (κ3) is 4.84. The molecule has 106 valence electrons. The van der Waals surface area contributed by atoms with E-state index in [-0.39, 0.29) is 12.4 Å². The zero-order chi connectivity index (χ0) is 12.8. The van der Waals surface area contributed by atoms with Crippen LogP contribution in [-0.2, 0) is 0 Å². The first kappa shape index (κ1) is 16.0. The summed E-state index contributed by atoms with van der Waals surface area (Å²) in [4.78, 5) is 13.3. The molecular formula is C15H22ClNO2. The molecule has 0 aromatic heterocycles. The van der Waals surface area contributed by atoms with E-state index < -0.39 is 0 Å². The molecule has 1 atom stereocenters. The summed E-state index contributed by atoms with van der Waals surface area (Å²) in [7, 11) is 0. The van der Waals surface area contributed by atoms with Crippen LogP contribution in [0.15, 0.2) is 24.3 Å². The molecule has 1 heterocycles. The molecule has 3 nitrogen and oxygen atoms in total. The standard InChI is InChI=1S/C15H21NO2.ClH/c1-13-5-4-8-16(11-13)9-10-18-15-7-3-2-6-14(15)12-17;/h2-3,6-7,12-13H,4-5,8-11H2,1H3;1H. The predicted octanol–water partition coefficient (Wildman–Crippen LogP) is 3.03. The number of piperidine rings is 1. The fourth-order valence-electron chi connectivity index (χ4n) is 2.48. The Morgan fingerprint density at radius 2 is 2.21 bits per heavy atom. The number of carbonyl (C=O) groups is 1. The molecule has 0 spiro atoms. The molecule has 1 aromatic rings. The molecule has 1 unspecified atom stereocenters. The Morgan fingerprint density at radius 3 is 2.95 bits per heavy atom. The van der Waals surface area contributed by atoms with Crippen molar-refractivity contribution < 1.29 is 9.53 Å². The highest BCUT2D eigenvalue weighted by Gasteiger charge is 2.15. The van der Waals surface area contributed by atoms with E-state index in [1.807, 2.05) is 18.2 Å². The Morgan fingerprint density at radius 1 is 1.42 bits per heavy atom. The second kappa shape index (κ2) is 8.18. The van der Waals surface area contributed by atoms with Gasteiger partial charge in [-0.2, -0.15) is 0 Å². The van der Waals surface area contributed by atoms with Gasteiger partial charge in [0.15, 0.2) is 6.29 Å². The number of benzene rings is 1. The molecule has 1 aliphatic heterocycles. The second-order valence-corrected chi connectivity index (χ2v) is 5.05. The number of ether oxygens (including phenoxy) is 1. The Hall–Kier alpha value is -1.06. The van der Waals surface area contributed by atoms with Crippen LogP contribution in [0, 0.1) is 5.92 Å². The Labute approximate surface area is 121 Å². The van der Waals surface area contributed by atoms with Crippen molar-refractivity contribution in [1.29, 1.82) is 0 Å². The lowest BCUT2D eigenvalue weighted by Crippen LogP contribution is -2.37. The lowest BCUT2D eigenvalue weighted by atomic mass is 10.0. The normalized spacial score (nSPS) is 19.5. The monoisotopic (exact) mass is 283 g/mol. The Kier molecular flexibility index (Phi) is 6.89. The molecular weight excluding hydrogens is 262 g/mol. The largest absolute Gasteiger partial charge is 0.492 e. The van der Waals surface area contributed by atoms with Crippen LogP contribution in [0.1, 0.15) is 30.1 Å². The van der Waals surface area contributed by atoms with Crippen LogP contribution in [-0.4, -0.2) is 37.4 Å². The average Bonchev–Trinajstić information content (AvgIpc) is 2.39. The maximum atomic E-state index is 10.8. The summed E-state index contributed by atoms with van der Waals surface area (Å²) in [5.41, 5.74) is 0.629. The fraction of sp³-hybridized carbons (Fsp3) is 0.533. The van der Waals surface area contributed by atoms with Crippen LogP contribution < -0.4 is 4.74 Å². The van der Waals surface area contributed by atoms with E-state index in [1.165, 1.54) is 25.9 Å². The Bertz CT molecular complexity index is 397. The molecule has 1 saturated heterocycles. The number of nitrogens with zero attached hydrogens (tertiary/aromatic N) is 1. The van der Waals surface area contributed by atoms with Gasteiger partial charge < -0.3 is 4.74 Å². The summed E-state index contributed by atoms with van der Waals surface area (Å²) in [6.07, 6.45) is 3.47. The van der Waals surface area contributed by atoms with Crippen molar-refractivity contribution >= 4 is 18.7 Å². The SMILES string of the molecule is CC1CCCN(CCOc2ccccc2C=O)C1.Cl. The minimum absolute atomic E-state index is 0. The highest BCUT2D eigenvalue weighted by Crippen LogP contribution is 2.17. The molecule has 4 heteroatoms. The first-order chi connectivity index (χ1) is 8.79. The fourth-order valence-corrected chi connectivity index (χ4v) is 2.48. The lowest BCUT2D eigenvalue weighted by Gasteiger charge is -2.30. The van der Waals surface area contributed by atoms with Crippen molar-refractivity contribution in [3.8, 4) is 5.75 Å². The number of aldehydes is 1. The third-order valence-electron chi connectivity index (χ3n) is 3.45. The Balaban J connectivity index is 0.00000180. The molecule has 0 amide bonds. The number of likely N-dealkylation sites (tertiary alicyclic amines) is 1. The number of hydrogen-bond acceptors (Lipinski definition) is 3. The summed E-state index contributed by atoms with van der Waals surface area (Å²) in [5, 5.41) is 0. The van der Waals surface area contributed by atoms with E-state index in [0.717, 1.165) is 18.7 Å². The molecule has 0 N–H and O–H groups in total. The van der Waals surface area contributed by atoms with Crippen molar-refractivity contribution in [3.05, 3.63) is 29.8 Å². The third-order valence-corrected chi connectivity index (χ3v) is 3.45. The van der Waals surface area contributed by atoms with E-state index in [0.29, 0.717) is 17.9 Å². The minimum atomic E-state index is 0. The van der Waals surface area contributed by atoms with Crippen molar-refractivity contribution in [3.63, 3.8) is 0 Å². The number of hydrogen-bond donors (Lipinski definition) is 0. The summed E-state index contributed by atoms with van der Waals surface area (Å²) in [5.74, 6) is 1.48. The van der Waals surface area contributed by atoms with Gasteiger partial charge >= 0.3 is 0 Å². The van der Waals surface area contributed by atoms with Crippen molar-refractivity contribution in [2.45, 2.75) is 19.8 Å². The zero-order valence-electron chi connectivity index (χ0n) is 11.4. The number of halogens is 1.